The van der Waals surface area contributed by atoms with Gasteiger partial charge in [-0.25, -0.2) is 9.18 Å². The van der Waals surface area contributed by atoms with Crippen LogP contribution in [0.5, 0.6) is 0 Å². The van der Waals surface area contributed by atoms with E-state index < -0.39 is 59.7 Å². The zero-order chi connectivity index (χ0) is 35.7. The van der Waals surface area contributed by atoms with Crippen molar-refractivity contribution in [2.24, 2.45) is 5.73 Å². The highest BCUT2D eigenvalue weighted by atomic mass is 19.4. The van der Waals surface area contributed by atoms with Crippen LogP contribution in [-0.4, -0.2) is 54.0 Å². The molecule has 3 atom stereocenters. The predicted octanol–water partition coefficient (Wildman–Crippen LogP) is 5.71. The minimum absolute atomic E-state index is 0.136. The van der Waals surface area contributed by atoms with E-state index in [0.29, 0.717) is 29.5 Å². The molecule has 1 fully saturated rings. The number of carboxylic acids is 1. The Bertz CT molecular complexity index is 1580. The van der Waals surface area contributed by atoms with Gasteiger partial charge in [0.15, 0.2) is 0 Å². The van der Waals surface area contributed by atoms with Gasteiger partial charge in [-0.05, 0) is 54.5 Å². The van der Waals surface area contributed by atoms with Crippen molar-refractivity contribution in [2.45, 2.75) is 74.9 Å². The molecule has 1 saturated carbocycles. The van der Waals surface area contributed by atoms with Crippen LogP contribution in [0.1, 0.15) is 55.8 Å². The fourth-order valence-electron chi connectivity index (χ4n) is 5.15. The lowest BCUT2D eigenvalue weighted by Gasteiger charge is -2.30. The molecule has 256 valence electrons. The normalized spacial score (nSPS) is 15.4. The Morgan fingerprint density at radius 2 is 1.46 bits per heavy atom. The van der Waals surface area contributed by atoms with Crippen molar-refractivity contribution in [2.75, 3.05) is 7.05 Å². The average Bonchev–Trinajstić information content (AvgIpc) is 3.85. The van der Waals surface area contributed by atoms with Crippen LogP contribution in [0, 0.1) is 11.3 Å². The summed E-state index contributed by atoms with van der Waals surface area (Å²) < 4.78 is 57.7. The standard InChI is InChI=1S/C33H33F4N3O3.C2H6N2O/c1-31(2,34)19-27(29(41)39-26(20-38)18-21-6-4-3-5-7-21)40-28(33(35,36)37)24-10-8-22(9-11-24)23-12-14-25(15-13-23)32(16-17-32)30(42)43;1-4-2(3)5/h3-15,26-28,40H,16-19H2,1-2H3,(H,39,41)(H,42,43);1H3,(H3,3,4,5)/t26-,27-,28-;/m0./s1. The Kier molecular flexibility index (Phi) is 12.3. The molecule has 48 heavy (non-hydrogen) atoms. The molecule has 0 heterocycles. The van der Waals surface area contributed by atoms with Gasteiger partial charge >= 0.3 is 18.2 Å². The molecule has 6 N–H and O–H groups in total. The number of amides is 3. The summed E-state index contributed by atoms with van der Waals surface area (Å²) in [5.41, 5.74) is 4.28. The number of hydrogen-bond donors (Lipinski definition) is 5. The van der Waals surface area contributed by atoms with E-state index in [1.807, 2.05) is 6.07 Å². The number of carbonyl (C=O) groups excluding carboxylic acids is 2. The summed E-state index contributed by atoms with van der Waals surface area (Å²) in [7, 11) is 1.47. The number of urea groups is 1. The van der Waals surface area contributed by atoms with E-state index in [1.54, 1.807) is 54.6 Å². The van der Waals surface area contributed by atoms with Crippen molar-refractivity contribution in [3.63, 3.8) is 0 Å². The molecule has 1 aliphatic carbocycles. The fourth-order valence-corrected chi connectivity index (χ4v) is 5.15. The van der Waals surface area contributed by atoms with Gasteiger partial charge < -0.3 is 21.5 Å². The first-order valence-electron chi connectivity index (χ1n) is 15.2. The van der Waals surface area contributed by atoms with Crippen molar-refractivity contribution in [3.8, 4) is 17.2 Å². The van der Waals surface area contributed by atoms with E-state index in [2.05, 4.69) is 21.7 Å². The van der Waals surface area contributed by atoms with Crippen LogP contribution in [0.3, 0.4) is 0 Å². The number of halogens is 4. The summed E-state index contributed by atoms with van der Waals surface area (Å²) >= 11 is 0. The highest BCUT2D eigenvalue weighted by molar-refractivity contribution is 5.85. The van der Waals surface area contributed by atoms with Crippen LogP contribution >= 0.6 is 0 Å². The van der Waals surface area contributed by atoms with Crippen molar-refractivity contribution in [1.29, 1.82) is 5.26 Å². The number of hydrogen-bond acceptors (Lipinski definition) is 5. The van der Waals surface area contributed by atoms with Crippen LogP contribution in [-0.2, 0) is 21.4 Å². The van der Waals surface area contributed by atoms with Gasteiger partial charge in [0.25, 0.3) is 0 Å². The van der Waals surface area contributed by atoms with E-state index >= 15 is 0 Å². The van der Waals surface area contributed by atoms with Crippen LogP contribution in [0.4, 0.5) is 22.4 Å². The number of alkyl halides is 4. The predicted molar refractivity (Wildman–Crippen MR) is 172 cm³/mol. The van der Waals surface area contributed by atoms with E-state index in [1.165, 1.54) is 45.2 Å². The molecule has 0 aliphatic heterocycles. The van der Waals surface area contributed by atoms with Gasteiger partial charge in [-0.1, -0.05) is 78.9 Å². The minimum atomic E-state index is -4.82. The maximum atomic E-state index is 14.7. The highest BCUT2D eigenvalue weighted by Gasteiger charge is 2.51. The van der Waals surface area contributed by atoms with Gasteiger partial charge in [0.1, 0.15) is 17.8 Å². The van der Waals surface area contributed by atoms with Crippen molar-refractivity contribution in [3.05, 3.63) is 95.6 Å². The number of rotatable bonds is 12. The zero-order valence-electron chi connectivity index (χ0n) is 26.8. The maximum Gasteiger partial charge on any atom is 0.407 e. The van der Waals surface area contributed by atoms with Crippen LogP contribution < -0.4 is 21.7 Å². The molecule has 3 aromatic rings. The number of benzene rings is 3. The first-order valence-corrected chi connectivity index (χ1v) is 15.2. The topological polar surface area (TPSA) is 157 Å². The number of nitriles is 1. The largest absolute Gasteiger partial charge is 0.481 e. The average molecular weight is 670 g/mol. The minimum Gasteiger partial charge on any atom is -0.481 e. The molecule has 0 unspecified atom stereocenters. The number of carboxylic acid groups (broad SMARTS) is 1. The fraction of sp³-hybridized carbons (Fsp3) is 0.371. The third-order valence-electron chi connectivity index (χ3n) is 7.88. The van der Waals surface area contributed by atoms with E-state index in [0.717, 1.165) is 5.56 Å². The third-order valence-corrected chi connectivity index (χ3v) is 7.88. The SMILES string of the molecule is CC(C)(F)C[C@H](N[C@@H](c1ccc(-c2ccc(C3(C(=O)O)CC3)cc2)cc1)C(F)(F)F)C(=O)N[C@H](C#N)Cc1ccccc1.CNC(N)=O. The maximum absolute atomic E-state index is 14.7. The monoisotopic (exact) mass is 669 g/mol. The second-order valence-electron chi connectivity index (χ2n) is 12.2. The molecule has 3 amide bonds. The molecule has 9 nitrogen and oxygen atoms in total. The summed E-state index contributed by atoms with van der Waals surface area (Å²) in [6, 6.07) is 17.9. The molecular weight excluding hydrogens is 630 g/mol. The molecule has 0 radical (unpaired) electrons. The molecule has 0 aromatic heterocycles. The molecule has 13 heteroatoms. The smallest absolute Gasteiger partial charge is 0.407 e. The van der Waals surface area contributed by atoms with Crippen molar-refractivity contribution in [1.82, 2.24) is 16.0 Å². The summed E-state index contributed by atoms with van der Waals surface area (Å²) in [4.78, 5) is 34.2. The molecule has 4 rings (SSSR count). The quantitative estimate of drug-likeness (QED) is 0.156. The lowest BCUT2D eigenvalue weighted by molar-refractivity contribution is -0.161. The number of nitrogens with zero attached hydrogens (tertiary/aromatic N) is 1. The van der Waals surface area contributed by atoms with Gasteiger partial charge in [-0.2, -0.15) is 18.4 Å². The van der Waals surface area contributed by atoms with Gasteiger partial charge in [0, 0.05) is 19.9 Å². The lowest BCUT2D eigenvalue weighted by atomic mass is 9.93. The molecular formula is C35H39F4N5O4. The van der Waals surface area contributed by atoms with Gasteiger partial charge in [0.05, 0.1) is 17.5 Å². The summed E-state index contributed by atoms with van der Waals surface area (Å²) in [6.07, 6.45) is -4.12. The number of aliphatic carboxylic acids is 1. The second-order valence-corrected chi connectivity index (χ2v) is 12.2. The highest BCUT2D eigenvalue weighted by Crippen LogP contribution is 2.48. The first kappa shape index (κ1) is 37.5. The Hall–Kier alpha value is -4.96. The number of primary amides is 1. The summed E-state index contributed by atoms with van der Waals surface area (Å²) in [5, 5.41) is 26.0. The first-order chi connectivity index (χ1) is 22.5. The second kappa shape index (κ2) is 15.8. The third kappa shape index (κ3) is 10.5. The lowest BCUT2D eigenvalue weighted by Crippen LogP contribution is -2.53. The summed E-state index contributed by atoms with van der Waals surface area (Å²) in [5.74, 6) is -1.79. The zero-order valence-corrected chi connectivity index (χ0v) is 26.8. The van der Waals surface area contributed by atoms with Gasteiger partial charge in [-0.3, -0.25) is 14.9 Å². The number of nitrogens with two attached hydrogens (primary N) is 1. The Morgan fingerprint density at radius 1 is 0.938 bits per heavy atom. The molecule has 1 aliphatic rings. The molecule has 0 saturated heterocycles. The van der Waals surface area contributed by atoms with E-state index in [4.69, 9.17) is 0 Å². The van der Waals surface area contributed by atoms with Crippen LogP contribution in [0.2, 0.25) is 0 Å². The van der Waals surface area contributed by atoms with E-state index in [9.17, 15) is 42.3 Å². The Morgan fingerprint density at radius 3 is 1.88 bits per heavy atom. The Labute approximate surface area is 276 Å². The van der Waals surface area contributed by atoms with Crippen LogP contribution in [0.25, 0.3) is 11.1 Å². The Balaban J connectivity index is 0.00000116. The molecule has 3 aromatic carbocycles. The molecule has 0 spiro atoms. The van der Waals surface area contributed by atoms with Gasteiger partial charge in [0.2, 0.25) is 5.91 Å². The van der Waals surface area contributed by atoms with Crippen LogP contribution in [0.15, 0.2) is 78.9 Å². The van der Waals surface area contributed by atoms with Gasteiger partial charge in [-0.15, -0.1) is 0 Å². The molecule has 0 bridgehead atoms. The van der Waals surface area contributed by atoms with Crippen molar-refractivity contribution >= 4 is 17.9 Å². The van der Waals surface area contributed by atoms with Crippen molar-refractivity contribution < 1.29 is 37.1 Å². The number of carbonyl (C=O) groups is 3. The summed E-state index contributed by atoms with van der Waals surface area (Å²) in [6.45, 7) is 2.34. The number of nitrogens with one attached hydrogen (secondary N) is 3. The van der Waals surface area contributed by atoms with E-state index in [-0.39, 0.29) is 12.0 Å².